The Morgan fingerprint density at radius 2 is 2.14 bits per heavy atom. The summed E-state index contributed by atoms with van der Waals surface area (Å²) >= 11 is 7.24. The molecule has 3 rings (SSSR count). The molecule has 0 aliphatic rings. The summed E-state index contributed by atoms with van der Waals surface area (Å²) in [6.07, 6.45) is 0. The Balaban J connectivity index is 1.96. The minimum Gasteiger partial charge on any atom is -0.482 e. The van der Waals surface area contributed by atoms with Gasteiger partial charge in [-0.25, -0.2) is 0 Å². The highest BCUT2D eigenvalue weighted by Crippen LogP contribution is 2.36. The maximum Gasteiger partial charge on any atom is 0.313 e. The van der Waals surface area contributed by atoms with E-state index in [0.29, 0.717) is 16.4 Å². The highest BCUT2D eigenvalue weighted by Gasteiger charge is 2.12. The third-order valence-electron chi connectivity index (χ3n) is 2.94. The van der Waals surface area contributed by atoms with Crippen LogP contribution in [0.4, 0.5) is 0 Å². The molecule has 0 bridgehead atoms. The van der Waals surface area contributed by atoms with Gasteiger partial charge in [0.25, 0.3) is 0 Å². The largest absolute Gasteiger partial charge is 0.482 e. The lowest BCUT2D eigenvalue weighted by atomic mass is 10.1. The summed E-state index contributed by atoms with van der Waals surface area (Å²) in [6.45, 7) is 0. The maximum absolute atomic E-state index is 10.5. The minimum absolute atomic E-state index is 0.00788. The van der Waals surface area contributed by atoms with Crippen molar-refractivity contribution in [1.82, 2.24) is 0 Å². The van der Waals surface area contributed by atoms with Crippen LogP contribution in [0.1, 0.15) is 0 Å². The van der Waals surface area contributed by atoms with Gasteiger partial charge in [0.2, 0.25) is 0 Å². The number of rotatable bonds is 5. The van der Waals surface area contributed by atoms with Crippen LogP contribution in [0.15, 0.2) is 40.8 Å². The molecule has 0 radical (unpaired) electrons. The molecule has 0 amide bonds. The molecule has 1 heterocycles. The molecule has 21 heavy (non-hydrogen) atoms. The SMILES string of the molecule is O=C(O)CSCOc1cccc2oc3ccc(Cl)cc3c12. The van der Waals surface area contributed by atoms with Crippen molar-refractivity contribution in [3.63, 3.8) is 0 Å². The van der Waals surface area contributed by atoms with Gasteiger partial charge < -0.3 is 14.3 Å². The monoisotopic (exact) mass is 322 g/mol. The van der Waals surface area contributed by atoms with Crippen molar-refractivity contribution in [2.75, 3.05) is 11.7 Å². The van der Waals surface area contributed by atoms with E-state index >= 15 is 0 Å². The number of hydrogen-bond donors (Lipinski definition) is 1. The van der Waals surface area contributed by atoms with Crippen molar-refractivity contribution in [2.45, 2.75) is 0 Å². The number of carbonyl (C=O) groups is 1. The summed E-state index contributed by atoms with van der Waals surface area (Å²) in [6, 6.07) is 11.0. The van der Waals surface area contributed by atoms with Gasteiger partial charge in [-0.15, -0.1) is 11.8 Å². The molecule has 1 N–H and O–H groups in total. The van der Waals surface area contributed by atoms with E-state index in [-0.39, 0.29) is 11.7 Å². The molecule has 0 aliphatic heterocycles. The Morgan fingerprint density at radius 1 is 1.29 bits per heavy atom. The van der Waals surface area contributed by atoms with Gasteiger partial charge in [-0.05, 0) is 30.3 Å². The number of fused-ring (bicyclic) bond motifs is 3. The van der Waals surface area contributed by atoms with E-state index < -0.39 is 5.97 Å². The molecule has 0 aliphatic carbocycles. The quantitative estimate of drug-likeness (QED) is 0.557. The molecule has 0 atom stereocenters. The third-order valence-corrected chi connectivity index (χ3v) is 3.91. The van der Waals surface area contributed by atoms with Crippen molar-refractivity contribution < 1.29 is 19.1 Å². The van der Waals surface area contributed by atoms with Crippen molar-refractivity contribution in [3.8, 4) is 5.75 Å². The Bertz CT molecular complexity index is 812. The van der Waals surface area contributed by atoms with Crippen molar-refractivity contribution >= 4 is 51.3 Å². The lowest BCUT2D eigenvalue weighted by molar-refractivity contribution is -0.133. The highest BCUT2D eigenvalue weighted by atomic mass is 35.5. The lowest BCUT2D eigenvalue weighted by Gasteiger charge is -2.06. The average molecular weight is 323 g/mol. The van der Waals surface area contributed by atoms with Crippen LogP contribution in [0, 0.1) is 0 Å². The predicted octanol–water partition coefficient (Wildman–Crippen LogP) is 4.39. The number of furan rings is 1. The summed E-state index contributed by atoms with van der Waals surface area (Å²) in [5.74, 6) is 0.0702. The van der Waals surface area contributed by atoms with Gasteiger partial charge in [-0.3, -0.25) is 4.79 Å². The molecule has 6 heteroatoms. The van der Waals surface area contributed by atoms with E-state index in [1.54, 1.807) is 6.07 Å². The summed E-state index contributed by atoms with van der Waals surface area (Å²) in [4.78, 5) is 10.5. The van der Waals surface area contributed by atoms with E-state index in [9.17, 15) is 4.79 Å². The second kappa shape index (κ2) is 5.87. The Labute approximate surface area is 129 Å². The zero-order chi connectivity index (χ0) is 14.8. The van der Waals surface area contributed by atoms with Crippen LogP contribution < -0.4 is 4.74 Å². The number of carboxylic acids is 1. The van der Waals surface area contributed by atoms with E-state index in [1.165, 1.54) is 11.8 Å². The molecular formula is C15H11ClO4S. The molecule has 2 aromatic carbocycles. The fraction of sp³-hybridized carbons (Fsp3) is 0.133. The first-order valence-electron chi connectivity index (χ1n) is 6.18. The average Bonchev–Trinajstić information content (AvgIpc) is 2.82. The molecule has 0 fully saturated rings. The molecule has 0 unspecified atom stereocenters. The van der Waals surface area contributed by atoms with E-state index in [1.807, 2.05) is 30.3 Å². The van der Waals surface area contributed by atoms with Gasteiger partial charge in [-0.2, -0.15) is 0 Å². The second-order valence-electron chi connectivity index (χ2n) is 4.38. The Kier molecular flexibility index (Phi) is 3.94. The maximum atomic E-state index is 10.5. The number of hydrogen-bond acceptors (Lipinski definition) is 4. The molecule has 4 nitrogen and oxygen atoms in total. The van der Waals surface area contributed by atoms with Crippen LogP contribution in [0.25, 0.3) is 21.9 Å². The lowest BCUT2D eigenvalue weighted by Crippen LogP contribution is -2.01. The molecule has 0 saturated carbocycles. The second-order valence-corrected chi connectivity index (χ2v) is 5.75. The number of benzene rings is 2. The van der Waals surface area contributed by atoms with E-state index in [2.05, 4.69) is 0 Å². The fourth-order valence-electron chi connectivity index (χ4n) is 2.12. The molecule has 3 aromatic rings. The van der Waals surface area contributed by atoms with E-state index in [4.69, 9.17) is 25.9 Å². The van der Waals surface area contributed by atoms with Crippen molar-refractivity contribution in [2.24, 2.45) is 0 Å². The zero-order valence-electron chi connectivity index (χ0n) is 10.8. The number of halogens is 1. The molecule has 1 aromatic heterocycles. The number of carboxylic acid groups (broad SMARTS) is 1. The molecule has 108 valence electrons. The number of ether oxygens (including phenoxy) is 1. The van der Waals surface area contributed by atoms with Gasteiger partial charge in [-0.1, -0.05) is 17.7 Å². The van der Waals surface area contributed by atoms with Gasteiger partial charge in [0.05, 0.1) is 11.1 Å². The number of thioether (sulfide) groups is 1. The van der Waals surface area contributed by atoms with Gasteiger partial charge in [0, 0.05) is 10.4 Å². The normalized spacial score (nSPS) is 11.1. The van der Waals surface area contributed by atoms with Crippen LogP contribution in [0.3, 0.4) is 0 Å². The first kappa shape index (κ1) is 14.1. The van der Waals surface area contributed by atoms with Gasteiger partial charge in [0.15, 0.2) is 0 Å². The van der Waals surface area contributed by atoms with Gasteiger partial charge in [0.1, 0.15) is 22.9 Å². The highest BCUT2D eigenvalue weighted by molar-refractivity contribution is 7.99. The fourth-order valence-corrected chi connectivity index (χ4v) is 2.76. The standard InChI is InChI=1S/C15H11ClO4S/c16-9-4-5-11-10(6-9)15-12(2-1-3-13(15)20-11)19-8-21-7-14(17)18/h1-6H,7-8H2,(H,17,18). The van der Waals surface area contributed by atoms with Crippen LogP contribution in [0.5, 0.6) is 5.75 Å². The van der Waals surface area contributed by atoms with Gasteiger partial charge >= 0.3 is 5.97 Å². The third kappa shape index (κ3) is 2.94. The summed E-state index contributed by atoms with van der Waals surface area (Å²) in [7, 11) is 0. The van der Waals surface area contributed by atoms with Crippen LogP contribution >= 0.6 is 23.4 Å². The zero-order valence-corrected chi connectivity index (χ0v) is 12.4. The predicted molar refractivity (Wildman–Crippen MR) is 84.3 cm³/mol. The first-order chi connectivity index (χ1) is 10.1. The smallest absolute Gasteiger partial charge is 0.313 e. The minimum atomic E-state index is -0.859. The van der Waals surface area contributed by atoms with Crippen LogP contribution in [-0.4, -0.2) is 22.8 Å². The van der Waals surface area contributed by atoms with Crippen LogP contribution in [0.2, 0.25) is 5.02 Å². The first-order valence-corrected chi connectivity index (χ1v) is 7.71. The summed E-state index contributed by atoms with van der Waals surface area (Å²) in [5.41, 5.74) is 1.46. The van der Waals surface area contributed by atoms with E-state index in [0.717, 1.165) is 16.4 Å². The Hall–Kier alpha value is -1.85. The molecular weight excluding hydrogens is 312 g/mol. The number of aliphatic carboxylic acids is 1. The topological polar surface area (TPSA) is 59.7 Å². The molecule has 0 spiro atoms. The van der Waals surface area contributed by atoms with Crippen LogP contribution in [-0.2, 0) is 4.79 Å². The van der Waals surface area contributed by atoms with Crippen molar-refractivity contribution in [3.05, 3.63) is 41.4 Å². The Morgan fingerprint density at radius 3 is 2.95 bits per heavy atom. The summed E-state index contributed by atoms with van der Waals surface area (Å²) in [5, 5.41) is 11.0. The molecule has 0 saturated heterocycles. The summed E-state index contributed by atoms with van der Waals surface area (Å²) < 4.78 is 11.4. The van der Waals surface area contributed by atoms with Crippen molar-refractivity contribution in [1.29, 1.82) is 0 Å².